The van der Waals surface area contributed by atoms with Gasteiger partial charge in [-0.2, -0.15) is 5.10 Å². The number of nitrogens with one attached hydrogen (secondary N) is 1. The van der Waals surface area contributed by atoms with Gasteiger partial charge in [-0.1, -0.05) is 18.2 Å². The van der Waals surface area contributed by atoms with Crippen molar-refractivity contribution in [1.82, 2.24) is 10.2 Å². The lowest BCUT2D eigenvalue weighted by Crippen LogP contribution is -2.45. The normalized spacial score (nSPS) is 20.7. The zero-order chi connectivity index (χ0) is 18.7. The molecule has 1 aromatic carbocycles. The summed E-state index contributed by atoms with van der Waals surface area (Å²) in [5.74, 6) is -0.753. The predicted octanol–water partition coefficient (Wildman–Crippen LogP) is 0.0912. The summed E-state index contributed by atoms with van der Waals surface area (Å²) >= 11 is 0. The minimum Gasteiger partial charge on any atom is -0.368 e. The van der Waals surface area contributed by atoms with Crippen LogP contribution in [-0.4, -0.2) is 54.5 Å². The van der Waals surface area contributed by atoms with E-state index >= 15 is 0 Å². The van der Waals surface area contributed by atoms with Crippen LogP contribution < -0.4 is 16.1 Å². The Balaban J connectivity index is 1.72. The highest BCUT2D eigenvalue weighted by atomic mass is 16.2. The van der Waals surface area contributed by atoms with Crippen molar-refractivity contribution in [1.29, 1.82) is 0 Å². The number of rotatable bonds is 4. The summed E-state index contributed by atoms with van der Waals surface area (Å²) in [5, 5.41) is 8.56. The summed E-state index contributed by atoms with van der Waals surface area (Å²) < 4.78 is 0. The molecule has 8 nitrogen and oxygen atoms in total. The van der Waals surface area contributed by atoms with E-state index in [0.717, 1.165) is 5.69 Å². The maximum Gasteiger partial charge on any atom is 0.270 e. The number of nitrogens with zero attached hydrogens (tertiary/aromatic N) is 3. The van der Waals surface area contributed by atoms with Crippen molar-refractivity contribution < 1.29 is 14.4 Å². The van der Waals surface area contributed by atoms with E-state index in [1.165, 1.54) is 5.01 Å². The molecule has 2 aliphatic rings. The second-order valence-electron chi connectivity index (χ2n) is 6.53. The molecule has 1 saturated heterocycles. The van der Waals surface area contributed by atoms with Crippen LogP contribution in [0.5, 0.6) is 0 Å². The standard InChI is InChI=1S/C18H23N5O3/c1-20-17(25)12-7-9-22(10-8-12)18(26)14-11-15(16(19)24)23(21-14)13-5-3-2-4-6-13/h2-6,12,15H,7-11H2,1H3,(H2,19,24)(H,20,25). The van der Waals surface area contributed by atoms with Gasteiger partial charge in [-0.15, -0.1) is 0 Å². The van der Waals surface area contributed by atoms with Gasteiger partial charge < -0.3 is 16.0 Å². The van der Waals surface area contributed by atoms with Crippen molar-refractivity contribution >= 4 is 29.1 Å². The first-order chi connectivity index (χ1) is 12.5. The number of carbonyl (C=O) groups excluding carboxylic acids is 3. The molecular formula is C18H23N5O3. The summed E-state index contributed by atoms with van der Waals surface area (Å²) in [4.78, 5) is 38.0. The molecule has 3 amide bonds. The molecule has 0 spiro atoms. The smallest absolute Gasteiger partial charge is 0.270 e. The first kappa shape index (κ1) is 17.9. The first-order valence-electron chi connectivity index (χ1n) is 8.73. The number of hydrogen-bond acceptors (Lipinski definition) is 5. The number of anilines is 1. The molecule has 1 aromatic rings. The molecule has 1 unspecified atom stereocenters. The fraction of sp³-hybridized carbons (Fsp3) is 0.444. The molecule has 1 fully saturated rings. The number of carbonyl (C=O) groups is 3. The van der Waals surface area contributed by atoms with Crippen molar-refractivity contribution in [3.05, 3.63) is 30.3 Å². The SMILES string of the molecule is CNC(=O)C1CCN(C(=O)C2=NN(c3ccccc3)C(C(N)=O)C2)CC1. The summed E-state index contributed by atoms with van der Waals surface area (Å²) in [7, 11) is 1.62. The highest BCUT2D eigenvalue weighted by Gasteiger charge is 2.37. The van der Waals surface area contributed by atoms with E-state index in [1.807, 2.05) is 30.3 Å². The van der Waals surface area contributed by atoms with E-state index in [4.69, 9.17) is 5.73 Å². The van der Waals surface area contributed by atoms with Gasteiger partial charge in [-0.05, 0) is 25.0 Å². The quantitative estimate of drug-likeness (QED) is 0.796. The Morgan fingerprint density at radius 2 is 1.81 bits per heavy atom. The lowest BCUT2D eigenvalue weighted by atomic mass is 9.95. The molecule has 0 saturated carbocycles. The van der Waals surface area contributed by atoms with Gasteiger partial charge in [0.2, 0.25) is 11.8 Å². The third kappa shape index (κ3) is 3.54. The van der Waals surface area contributed by atoms with E-state index in [-0.39, 0.29) is 24.2 Å². The topological polar surface area (TPSA) is 108 Å². The second-order valence-corrected chi connectivity index (χ2v) is 6.53. The van der Waals surface area contributed by atoms with Crippen molar-refractivity contribution in [3.63, 3.8) is 0 Å². The molecule has 3 rings (SSSR count). The van der Waals surface area contributed by atoms with E-state index in [9.17, 15) is 14.4 Å². The largest absolute Gasteiger partial charge is 0.368 e. The van der Waals surface area contributed by atoms with Gasteiger partial charge in [0.05, 0.1) is 5.69 Å². The molecular weight excluding hydrogens is 334 g/mol. The molecule has 3 N–H and O–H groups in total. The Hall–Kier alpha value is -2.90. The third-order valence-corrected chi connectivity index (χ3v) is 4.91. The van der Waals surface area contributed by atoms with Crippen LogP contribution in [0.25, 0.3) is 0 Å². The molecule has 1 atom stereocenters. The summed E-state index contributed by atoms with van der Waals surface area (Å²) in [6.45, 7) is 1.00. The van der Waals surface area contributed by atoms with Crippen LogP contribution in [0.15, 0.2) is 35.4 Å². The Morgan fingerprint density at radius 1 is 1.15 bits per heavy atom. The second kappa shape index (κ2) is 7.55. The van der Waals surface area contributed by atoms with Crippen LogP contribution in [0.4, 0.5) is 5.69 Å². The minimum absolute atomic E-state index is 0.0133. The number of likely N-dealkylation sites (tertiary alicyclic amines) is 1. The van der Waals surface area contributed by atoms with Crippen molar-refractivity contribution in [2.45, 2.75) is 25.3 Å². The van der Waals surface area contributed by atoms with Crippen LogP contribution >= 0.6 is 0 Å². The van der Waals surface area contributed by atoms with Gasteiger partial charge in [0.25, 0.3) is 5.91 Å². The van der Waals surface area contributed by atoms with Crippen LogP contribution in [0.1, 0.15) is 19.3 Å². The van der Waals surface area contributed by atoms with Crippen LogP contribution in [-0.2, 0) is 14.4 Å². The van der Waals surface area contributed by atoms with Crippen LogP contribution in [0, 0.1) is 5.92 Å². The fourth-order valence-electron chi connectivity index (χ4n) is 3.41. The Bertz CT molecular complexity index is 726. The van der Waals surface area contributed by atoms with Crippen molar-refractivity contribution in [3.8, 4) is 0 Å². The number of piperidine rings is 1. The number of hydrogen-bond donors (Lipinski definition) is 2. The van der Waals surface area contributed by atoms with Gasteiger partial charge in [0.1, 0.15) is 11.8 Å². The summed E-state index contributed by atoms with van der Waals surface area (Å²) in [6, 6.07) is 8.52. The number of para-hydroxylation sites is 1. The molecule has 26 heavy (non-hydrogen) atoms. The van der Waals surface area contributed by atoms with E-state index < -0.39 is 11.9 Å². The zero-order valence-electron chi connectivity index (χ0n) is 14.7. The Kier molecular flexibility index (Phi) is 5.20. The molecule has 0 bridgehead atoms. The molecule has 0 radical (unpaired) electrons. The van der Waals surface area contributed by atoms with Crippen molar-refractivity contribution in [2.24, 2.45) is 16.8 Å². The average Bonchev–Trinajstić information content (AvgIpc) is 3.13. The van der Waals surface area contributed by atoms with E-state index in [1.54, 1.807) is 11.9 Å². The number of hydrazone groups is 1. The average molecular weight is 357 g/mol. The fourth-order valence-corrected chi connectivity index (χ4v) is 3.41. The molecule has 138 valence electrons. The maximum atomic E-state index is 12.8. The van der Waals surface area contributed by atoms with Gasteiger partial charge in [-0.25, -0.2) is 0 Å². The minimum atomic E-state index is -0.667. The van der Waals surface area contributed by atoms with E-state index in [0.29, 0.717) is 31.6 Å². The predicted molar refractivity (Wildman–Crippen MR) is 97.3 cm³/mol. The maximum absolute atomic E-state index is 12.8. The number of amides is 3. The lowest BCUT2D eigenvalue weighted by molar-refractivity contribution is -0.130. The number of primary amides is 1. The van der Waals surface area contributed by atoms with E-state index in [2.05, 4.69) is 10.4 Å². The van der Waals surface area contributed by atoms with Crippen molar-refractivity contribution in [2.75, 3.05) is 25.1 Å². The van der Waals surface area contributed by atoms with Gasteiger partial charge in [0.15, 0.2) is 0 Å². The summed E-state index contributed by atoms with van der Waals surface area (Å²) in [5.41, 5.74) is 6.56. The molecule has 0 aromatic heterocycles. The molecule has 8 heteroatoms. The van der Waals surface area contributed by atoms with Gasteiger partial charge in [-0.3, -0.25) is 19.4 Å². The molecule has 2 heterocycles. The summed E-state index contributed by atoms with van der Waals surface area (Å²) in [6.07, 6.45) is 1.44. The Morgan fingerprint density at radius 3 is 2.38 bits per heavy atom. The zero-order valence-corrected chi connectivity index (χ0v) is 14.7. The highest BCUT2D eigenvalue weighted by molar-refractivity contribution is 6.40. The molecule has 2 aliphatic heterocycles. The third-order valence-electron chi connectivity index (χ3n) is 4.91. The molecule has 0 aliphatic carbocycles. The number of benzene rings is 1. The Labute approximate surface area is 152 Å². The van der Waals surface area contributed by atoms with Gasteiger partial charge in [0, 0.05) is 32.5 Å². The first-order valence-corrected chi connectivity index (χ1v) is 8.73. The van der Waals surface area contributed by atoms with Crippen LogP contribution in [0.2, 0.25) is 0 Å². The van der Waals surface area contributed by atoms with Gasteiger partial charge >= 0.3 is 0 Å². The number of nitrogens with two attached hydrogens (primary N) is 1. The monoisotopic (exact) mass is 357 g/mol. The lowest BCUT2D eigenvalue weighted by Gasteiger charge is -2.31. The van der Waals surface area contributed by atoms with Crippen LogP contribution in [0.3, 0.4) is 0 Å². The highest BCUT2D eigenvalue weighted by Crippen LogP contribution is 2.26.